The minimum atomic E-state index is -0.574. The van der Waals surface area contributed by atoms with E-state index >= 15 is 0 Å². The van der Waals surface area contributed by atoms with Crippen LogP contribution in [0.15, 0.2) is 60.7 Å². The first-order chi connectivity index (χ1) is 16.2. The quantitative estimate of drug-likeness (QED) is 0.624. The standard InChI is InChI=1S/C26H34N4O4/c1-26(2,3)34-25(33)28-21-14-15-29(17-21)24(32)19-30(22-12-8-5-9-13-22)18-23(31)27-16-20-10-6-4-7-11-20/h4-13,21H,14-19H2,1-3H3,(H,27,31)(H,28,33)/t21-/m0/s1. The van der Waals surface area contributed by atoms with E-state index in [9.17, 15) is 14.4 Å². The molecule has 3 amide bonds. The molecule has 1 fully saturated rings. The average Bonchev–Trinajstić information content (AvgIpc) is 3.25. The largest absolute Gasteiger partial charge is 0.444 e. The lowest BCUT2D eigenvalue weighted by atomic mass is 10.2. The van der Waals surface area contributed by atoms with Gasteiger partial charge in [0.1, 0.15) is 5.60 Å². The smallest absolute Gasteiger partial charge is 0.407 e. The number of carbonyl (C=O) groups excluding carboxylic acids is 3. The fourth-order valence-corrected chi connectivity index (χ4v) is 3.75. The fourth-order valence-electron chi connectivity index (χ4n) is 3.75. The summed E-state index contributed by atoms with van der Waals surface area (Å²) in [4.78, 5) is 41.3. The normalized spacial score (nSPS) is 15.5. The molecule has 3 rings (SSSR count). The number of hydrogen-bond donors (Lipinski definition) is 2. The van der Waals surface area contributed by atoms with Crippen molar-refractivity contribution in [2.45, 2.75) is 45.4 Å². The molecule has 1 aliphatic heterocycles. The zero-order valence-corrected chi connectivity index (χ0v) is 20.1. The van der Waals surface area contributed by atoms with E-state index in [1.54, 1.807) is 9.80 Å². The topological polar surface area (TPSA) is 91.0 Å². The molecule has 0 aliphatic carbocycles. The second kappa shape index (κ2) is 11.5. The van der Waals surface area contributed by atoms with Crippen molar-refractivity contribution in [3.63, 3.8) is 0 Å². The summed E-state index contributed by atoms with van der Waals surface area (Å²) in [6.45, 7) is 6.96. The van der Waals surface area contributed by atoms with Gasteiger partial charge in [0.2, 0.25) is 11.8 Å². The molecule has 2 N–H and O–H groups in total. The van der Waals surface area contributed by atoms with Crippen molar-refractivity contribution in [3.05, 3.63) is 66.2 Å². The molecule has 2 aromatic rings. The summed E-state index contributed by atoms with van der Waals surface area (Å²) in [5.74, 6) is -0.250. The third-order valence-electron chi connectivity index (χ3n) is 5.38. The molecule has 0 saturated carbocycles. The first-order valence-corrected chi connectivity index (χ1v) is 11.6. The van der Waals surface area contributed by atoms with Crippen molar-refractivity contribution in [3.8, 4) is 0 Å². The molecule has 1 saturated heterocycles. The van der Waals surface area contributed by atoms with Crippen LogP contribution < -0.4 is 15.5 Å². The lowest BCUT2D eigenvalue weighted by molar-refractivity contribution is -0.128. The van der Waals surface area contributed by atoms with E-state index < -0.39 is 11.7 Å². The van der Waals surface area contributed by atoms with Crippen molar-refractivity contribution in [2.24, 2.45) is 0 Å². The van der Waals surface area contributed by atoms with Crippen LogP contribution in [0.5, 0.6) is 0 Å². The lowest BCUT2D eigenvalue weighted by Gasteiger charge is -2.26. The maximum Gasteiger partial charge on any atom is 0.407 e. The lowest BCUT2D eigenvalue weighted by Crippen LogP contribution is -2.45. The number of ether oxygens (including phenoxy) is 1. The number of alkyl carbamates (subject to hydrolysis) is 1. The SMILES string of the molecule is CC(C)(C)OC(=O)N[C@H]1CCN(C(=O)CN(CC(=O)NCc2ccccc2)c2ccccc2)C1. The first-order valence-electron chi connectivity index (χ1n) is 11.6. The number of hydrogen-bond acceptors (Lipinski definition) is 5. The van der Waals surface area contributed by atoms with Crippen LogP contribution in [0.25, 0.3) is 0 Å². The van der Waals surface area contributed by atoms with Crippen LogP contribution in [0.3, 0.4) is 0 Å². The fraction of sp³-hybridized carbons (Fsp3) is 0.423. The van der Waals surface area contributed by atoms with E-state index in [2.05, 4.69) is 10.6 Å². The van der Waals surface area contributed by atoms with Crippen LogP contribution >= 0.6 is 0 Å². The van der Waals surface area contributed by atoms with Crippen LogP contribution in [0.2, 0.25) is 0 Å². The number of benzene rings is 2. The first kappa shape index (κ1) is 25.1. The van der Waals surface area contributed by atoms with Gasteiger partial charge in [0.25, 0.3) is 0 Å². The predicted octanol–water partition coefficient (Wildman–Crippen LogP) is 2.94. The Bertz CT molecular complexity index is 960. The van der Waals surface area contributed by atoms with Crippen molar-refractivity contribution in [1.29, 1.82) is 0 Å². The van der Waals surface area contributed by atoms with Crippen LogP contribution in [-0.2, 0) is 20.9 Å². The number of likely N-dealkylation sites (tertiary alicyclic amines) is 1. The highest BCUT2D eigenvalue weighted by molar-refractivity contribution is 5.86. The molecular weight excluding hydrogens is 432 g/mol. The molecule has 1 aliphatic rings. The van der Waals surface area contributed by atoms with E-state index in [1.165, 1.54) is 0 Å². The number of nitrogens with one attached hydrogen (secondary N) is 2. The van der Waals surface area contributed by atoms with Crippen LogP contribution in [0, 0.1) is 0 Å². The summed E-state index contributed by atoms with van der Waals surface area (Å²) in [7, 11) is 0. The molecule has 0 spiro atoms. The van der Waals surface area contributed by atoms with Crippen LogP contribution in [0.1, 0.15) is 32.8 Å². The molecule has 1 atom stereocenters. The van der Waals surface area contributed by atoms with Gasteiger partial charge in [-0.1, -0.05) is 48.5 Å². The zero-order chi connectivity index (χ0) is 24.6. The highest BCUT2D eigenvalue weighted by Crippen LogP contribution is 2.16. The van der Waals surface area contributed by atoms with Gasteiger partial charge in [-0.25, -0.2) is 4.79 Å². The van der Waals surface area contributed by atoms with Gasteiger partial charge in [0, 0.05) is 25.3 Å². The van der Waals surface area contributed by atoms with Crippen molar-refractivity contribution in [2.75, 3.05) is 31.1 Å². The number of carbonyl (C=O) groups is 3. The number of anilines is 1. The molecule has 0 unspecified atom stereocenters. The number of para-hydroxylation sites is 1. The molecule has 182 valence electrons. The Labute approximate surface area is 201 Å². The van der Waals surface area contributed by atoms with Gasteiger partial charge in [-0.2, -0.15) is 0 Å². The van der Waals surface area contributed by atoms with E-state index in [1.807, 2.05) is 81.4 Å². The minimum Gasteiger partial charge on any atom is -0.444 e. The third kappa shape index (κ3) is 8.10. The summed E-state index contributed by atoms with van der Waals surface area (Å²) in [5.41, 5.74) is 1.24. The molecule has 0 radical (unpaired) electrons. The Morgan fingerprint density at radius 2 is 1.65 bits per heavy atom. The Morgan fingerprint density at radius 1 is 1.00 bits per heavy atom. The second-order valence-electron chi connectivity index (χ2n) is 9.43. The molecule has 8 nitrogen and oxygen atoms in total. The van der Waals surface area contributed by atoms with Gasteiger partial charge in [0.05, 0.1) is 19.1 Å². The van der Waals surface area contributed by atoms with Crippen LogP contribution in [-0.4, -0.2) is 60.6 Å². The average molecular weight is 467 g/mol. The summed E-state index contributed by atoms with van der Waals surface area (Å²) in [6, 6.07) is 19.0. The van der Waals surface area contributed by atoms with Gasteiger partial charge in [0.15, 0.2) is 0 Å². The van der Waals surface area contributed by atoms with E-state index in [0.717, 1.165) is 11.3 Å². The predicted molar refractivity (Wildman–Crippen MR) is 131 cm³/mol. The van der Waals surface area contributed by atoms with Gasteiger partial charge in [-0.15, -0.1) is 0 Å². The molecule has 2 aromatic carbocycles. The molecular formula is C26H34N4O4. The Kier molecular flexibility index (Phi) is 8.51. The highest BCUT2D eigenvalue weighted by Gasteiger charge is 2.30. The second-order valence-corrected chi connectivity index (χ2v) is 9.43. The summed E-state index contributed by atoms with van der Waals surface area (Å²) in [5, 5.41) is 5.76. The number of rotatable bonds is 8. The van der Waals surface area contributed by atoms with Crippen molar-refractivity contribution >= 4 is 23.6 Å². The molecule has 0 bridgehead atoms. The van der Waals surface area contributed by atoms with Gasteiger partial charge in [-0.05, 0) is 44.9 Å². The summed E-state index contributed by atoms with van der Waals surface area (Å²) >= 11 is 0. The van der Waals surface area contributed by atoms with E-state index in [4.69, 9.17) is 4.74 Å². The molecule has 0 aromatic heterocycles. The zero-order valence-electron chi connectivity index (χ0n) is 20.1. The highest BCUT2D eigenvalue weighted by atomic mass is 16.6. The Morgan fingerprint density at radius 3 is 2.29 bits per heavy atom. The summed E-state index contributed by atoms with van der Waals surface area (Å²) < 4.78 is 5.31. The molecule has 1 heterocycles. The van der Waals surface area contributed by atoms with Gasteiger partial charge >= 0.3 is 6.09 Å². The van der Waals surface area contributed by atoms with Gasteiger partial charge in [-0.3, -0.25) is 9.59 Å². The van der Waals surface area contributed by atoms with E-state index in [-0.39, 0.29) is 30.9 Å². The van der Waals surface area contributed by atoms with Crippen LogP contribution in [0.4, 0.5) is 10.5 Å². The summed E-state index contributed by atoms with van der Waals surface area (Å²) in [6.07, 6.45) is 0.182. The number of nitrogens with zero attached hydrogens (tertiary/aromatic N) is 2. The van der Waals surface area contributed by atoms with Crippen molar-refractivity contribution in [1.82, 2.24) is 15.5 Å². The molecule has 8 heteroatoms. The number of amides is 3. The molecule has 34 heavy (non-hydrogen) atoms. The maximum atomic E-state index is 13.1. The Balaban J connectivity index is 1.56. The monoisotopic (exact) mass is 466 g/mol. The maximum absolute atomic E-state index is 13.1. The van der Waals surface area contributed by atoms with Crippen molar-refractivity contribution < 1.29 is 19.1 Å². The minimum absolute atomic E-state index is 0.0655. The van der Waals surface area contributed by atoms with Gasteiger partial charge < -0.3 is 25.2 Å². The van der Waals surface area contributed by atoms with E-state index in [0.29, 0.717) is 26.1 Å². The third-order valence-corrected chi connectivity index (χ3v) is 5.38. The Hall–Kier alpha value is -3.55.